The number of hydrogen-bond donors (Lipinski definition) is 2. The molecule has 0 atom stereocenters. The van der Waals surface area contributed by atoms with Crippen LogP contribution in [0.1, 0.15) is 6.92 Å². The molecule has 0 aromatic rings. The number of nitrogens with zero attached hydrogens (tertiary/aromatic N) is 1. The molecule has 1 rings (SSSR count). The molecule has 2 N–H and O–H groups in total. The van der Waals surface area contributed by atoms with Gasteiger partial charge in [-0.15, -0.1) is 0 Å². The molecule has 0 saturated carbocycles. The summed E-state index contributed by atoms with van der Waals surface area (Å²) in [5.74, 6) is 0.0514. The molecular weight excluding hydrogens is 242 g/mol. The first kappa shape index (κ1) is 14.4. The molecule has 100 valence electrons. The van der Waals surface area contributed by atoms with Gasteiger partial charge in [-0.2, -0.15) is 0 Å². The lowest BCUT2D eigenvalue weighted by Crippen LogP contribution is -2.47. The van der Waals surface area contributed by atoms with Crippen molar-refractivity contribution in [1.82, 2.24) is 15.5 Å². The molecule has 0 aromatic heterocycles. The first-order chi connectivity index (χ1) is 8.03. The molecule has 1 aliphatic rings. The van der Waals surface area contributed by atoms with Gasteiger partial charge in [0, 0.05) is 38.5 Å². The quantitative estimate of drug-likeness (QED) is 0.606. The van der Waals surface area contributed by atoms with Crippen molar-refractivity contribution in [1.29, 1.82) is 0 Å². The Bertz CT molecular complexity index is 337. The van der Waals surface area contributed by atoms with Crippen LogP contribution in [0.5, 0.6) is 0 Å². The van der Waals surface area contributed by atoms with E-state index in [2.05, 4.69) is 15.5 Å². The van der Waals surface area contributed by atoms with E-state index in [-0.39, 0.29) is 24.0 Å². The number of carbonyl (C=O) groups excluding carboxylic acids is 1. The number of rotatable bonds is 6. The number of hydrogen-bond acceptors (Lipinski definition) is 5. The summed E-state index contributed by atoms with van der Waals surface area (Å²) < 4.78 is 22.4. The summed E-state index contributed by atoms with van der Waals surface area (Å²) in [6.45, 7) is 5.70. The van der Waals surface area contributed by atoms with Crippen molar-refractivity contribution in [3.63, 3.8) is 0 Å². The van der Waals surface area contributed by atoms with E-state index in [1.54, 1.807) is 6.92 Å². The van der Waals surface area contributed by atoms with Crippen LogP contribution in [-0.2, 0) is 14.6 Å². The molecule has 0 unspecified atom stereocenters. The van der Waals surface area contributed by atoms with Crippen molar-refractivity contribution >= 4 is 15.7 Å². The SMILES string of the molecule is CCS(=O)(=O)CCNC(=O)CN1CCNCC1. The Morgan fingerprint density at radius 2 is 2.00 bits per heavy atom. The number of carbonyl (C=O) groups is 1. The normalized spacial score (nSPS) is 17.9. The van der Waals surface area contributed by atoms with Gasteiger partial charge in [-0.25, -0.2) is 8.42 Å². The number of amides is 1. The van der Waals surface area contributed by atoms with Crippen molar-refractivity contribution in [2.24, 2.45) is 0 Å². The minimum atomic E-state index is -2.99. The summed E-state index contributed by atoms with van der Waals surface area (Å²) in [5, 5.41) is 5.85. The van der Waals surface area contributed by atoms with Gasteiger partial charge < -0.3 is 10.6 Å². The van der Waals surface area contributed by atoms with E-state index in [4.69, 9.17) is 0 Å². The Hall–Kier alpha value is -0.660. The molecule has 1 saturated heterocycles. The van der Waals surface area contributed by atoms with E-state index in [1.165, 1.54) is 0 Å². The standard InChI is InChI=1S/C10H21N3O3S/c1-2-17(15,16)8-5-12-10(14)9-13-6-3-11-4-7-13/h11H,2-9H2,1H3,(H,12,14). The molecular formula is C10H21N3O3S. The average Bonchev–Trinajstić information content (AvgIpc) is 2.30. The second-order valence-electron chi connectivity index (χ2n) is 4.11. The monoisotopic (exact) mass is 263 g/mol. The molecule has 6 nitrogen and oxygen atoms in total. The summed E-state index contributed by atoms with van der Waals surface area (Å²) in [6.07, 6.45) is 0. The zero-order valence-electron chi connectivity index (χ0n) is 10.2. The number of nitrogens with one attached hydrogen (secondary N) is 2. The van der Waals surface area contributed by atoms with Crippen LogP contribution in [-0.4, -0.2) is 70.0 Å². The van der Waals surface area contributed by atoms with E-state index < -0.39 is 9.84 Å². The summed E-state index contributed by atoms with van der Waals surface area (Å²) in [7, 11) is -2.99. The van der Waals surface area contributed by atoms with E-state index in [0.29, 0.717) is 6.54 Å². The molecule has 0 bridgehead atoms. The van der Waals surface area contributed by atoms with Crippen LogP contribution in [0.2, 0.25) is 0 Å². The predicted molar refractivity (Wildman–Crippen MR) is 66.6 cm³/mol. The molecule has 17 heavy (non-hydrogen) atoms. The maximum Gasteiger partial charge on any atom is 0.234 e. The van der Waals surface area contributed by atoms with Crippen molar-refractivity contribution in [3.05, 3.63) is 0 Å². The highest BCUT2D eigenvalue weighted by Crippen LogP contribution is 1.91. The second kappa shape index (κ2) is 6.93. The number of piperazine rings is 1. The highest BCUT2D eigenvalue weighted by atomic mass is 32.2. The first-order valence-electron chi connectivity index (χ1n) is 5.93. The van der Waals surface area contributed by atoms with Crippen LogP contribution in [0.4, 0.5) is 0 Å². The molecule has 0 aromatic carbocycles. The van der Waals surface area contributed by atoms with Crippen LogP contribution in [0, 0.1) is 0 Å². The Morgan fingerprint density at radius 1 is 1.35 bits per heavy atom. The zero-order valence-corrected chi connectivity index (χ0v) is 11.1. The largest absolute Gasteiger partial charge is 0.354 e. The molecule has 1 aliphatic heterocycles. The minimum absolute atomic E-state index is 0.0246. The summed E-state index contributed by atoms with van der Waals surface area (Å²) >= 11 is 0. The van der Waals surface area contributed by atoms with Crippen molar-refractivity contribution in [2.45, 2.75) is 6.92 Å². The molecule has 7 heteroatoms. The van der Waals surface area contributed by atoms with Gasteiger partial charge in [0.15, 0.2) is 9.84 Å². The fraction of sp³-hybridized carbons (Fsp3) is 0.900. The van der Waals surface area contributed by atoms with Gasteiger partial charge in [-0.05, 0) is 0 Å². The Labute approximate surface area is 103 Å². The van der Waals surface area contributed by atoms with Crippen molar-refractivity contribution < 1.29 is 13.2 Å². The second-order valence-corrected chi connectivity index (χ2v) is 6.59. The first-order valence-corrected chi connectivity index (χ1v) is 7.76. The highest BCUT2D eigenvalue weighted by Gasteiger charge is 2.14. The fourth-order valence-corrected chi connectivity index (χ4v) is 2.32. The highest BCUT2D eigenvalue weighted by molar-refractivity contribution is 7.91. The molecule has 0 aliphatic carbocycles. The Kier molecular flexibility index (Phi) is 5.87. The lowest BCUT2D eigenvalue weighted by molar-refractivity contribution is -0.122. The minimum Gasteiger partial charge on any atom is -0.354 e. The summed E-state index contributed by atoms with van der Waals surface area (Å²) in [4.78, 5) is 13.6. The lowest BCUT2D eigenvalue weighted by Gasteiger charge is -2.26. The van der Waals surface area contributed by atoms with E-state index in [0.717, 1.165) is 26.2 Å². The maximum atomic E-state index is 11.5. The smallest absolute Gasteiger partial charge is 0.234 e. The number of sulfone groups is 1. The summed E-state index contributed by atoms with van der Waals surface area (Å²) in [6, 6.07) is 0. The van der Waals surface area contributed by atoms with Gasteiger partial charge in [0.1, 0.15) is 0 Å². The van der Waals surface area contributed by atoms with Crippen LogP contribution in [0.25, 0.3) is 0 Å². The maximum absolute atomic E-state index is 11.5. The predicted octanol–water partition coefficient (Wildman–Crippen LogP) is -1.56. The van der Waals surface area contributed by atoms with Gasteiger partial charge in [-0.3, -0.25) is 9.69 Å². The van der Waals surface area contributed by atoms with Gasteiger partial charge in [0.25, 0.3) is 0 Å². The Balaban J connectivity index is 2.16. The Morgan fingerprint density at radius 3 is 2.59 bits per heavy atom. The van der Waals surface area contributed by atoms with Crippen LogP contribution in [0.3, 0.4) is 0 Å². The molecule has 1 heterocycles. The van der Waals surface area contributed by atoms with Crippen LogP contribution >= 0.6 is 0 Å². The molecule has 1 fully saturated rings. The lowest BCUT2D eigenvalue weighted by atomic mass is 10.3. The van der Waals surface area contributed by atoms with Crippen LogP contribution < -0.4 is 10.6 Å². The van der Waals surface area contributed by atoms with E-state index in [1.807, 2.05) is 0 Å². The fourth-order valence-electron chi connectivity index (χ4n) is 1.62. The molecule has 0 spiro atoms. The third-order valence-electron chi connectivity index (χ3n) is 2.75. The van der Waals surface area contributed by atoms with Gasteiger partial charge in [-0.1, -0.05) is 6.92 Å². The molecule has 0 radical (unpaired) electrons. The van der Waals surface area contributed by atoms with Crippen LogP contribution in [0.15, 0.2) is 0 Å². The zero-order chi connectivity index (χ0) is 12.7. The van der Waals surface area contributed by atoms with Crippen molar-refractivity contribution in [3.8, 4) is 0 Å². The average molecular weight is 263 g/mol. The molecule has 1 amide bonds. The van der Waals surface area contributed by atoms with Gasteiger partial charge >= 0.3 is 0 Å². The third kappa shape index (κ3) is 5.99. The van der Waals surface area contributed by atoms with E-state index in [9.17, 15) is 13.2 Å². The van der Waals surface area contributed by atoms with E-state index >= 15 is 0 Å². The summed E-state index contributed by atoms with van der Waals surface area (Å²) in [5.41, 5.74) is 0. The van der Waals surface area contributed by atoms with Gasteiger partial charge in [0.05, 0.1) is 12.3 Å². The third-order valence-corrected chi connectivity index (χ3v) is 4.46. The van der Waals surface area contributed by atoms with Crippen molar-refractivity contribution in [2.75, 3.05) is 50.8 Å². The van der Waals surface area contributed by atoms with Gasteiger partial charge in [0.2, 0.25) is 5.91 Å². The topological polar surface area (TPSA) is 78.5 Å².